The molecule has 0 radical (unpaired) electrons. The highest BCUT2D eigenvalue weighted by molar-refractivity contribution is 7.90. The number of nitrogens with one attached hydrogen (secondary N) is 1. The number of para-hydroxylation sites is 1. The number of nitro groups is 1. The van der Waals surface area contributed by atoms with Crippen LogP contribution >= 0.6 is 0 Å². The molecule has 0 atom stereocenters. The lowest BCUT2D eigenvalue weighted by molar-refractivity contribution is -0.387. The average molecular weight is 350 g/mol. The Morgan fingerprint density at radius 2 is 1.92 bits per heavy atom. The third-order valence-corrected chi connectivity index (χ3v) is 4.44. The first-order valence-electron chi connectivity index (χ1n) is 7.26. The van der Waals surface area contributed by atoms with Gasteiger partial charge < -0.3 is 10.1 Å². The van der Waals surface area contributed by atoms with Crippen molar-refractivity contribution >= 4 is 21.2 Å². The number of ether oxygens (including phenoxy) is 1. The molecule has 0 aromatic heterocycles. The fourth-order valence-corrected chi connectivity index (χ4v) is 3.08. The number of sulfone groups is 1. The van der Waals surface area contributed by atoms with Crippen molar-refractivity contribution in [3.8, 4) is 5.75 Å². The second-order valence-electron chi connectivity index (χ2n) is 5.11. The third-order valence-electron chi connectivity index (χ3n) is 3.31. The van der Waals surface area contributed by atoms with Gasteiger partial charge in [-0.3, -0.25) is 10.1 Å². The summed E-state index contributed by atoms with van der Waals surface area (Å²) in [5.41, 5.74) is 0.948. The molecular formula is C16H18N2O5S. The van der Waals surface area contributed by atoms with E-state index in [0.717, 1.165) is 17.6 Å². The molecule has 2 aromatic carbocycles. The normalized spacial score (nSPS) is 11.1. The fourth-order valence-electron chi connectivity index (χ4n) is 2.22. The molecule has 0 fully saturated rings. The van der Waals surface area contributed by atoms with E-state index in [4.69, 9.17) is 4.74 Å². The highest BCUT2D eigenvalue weighted by Gasteiger charge is 2.22. The van der Waals surface area contributed by atoms with E-state index in [2.05, 4.69) is 5.32 Å². The van der Waals surface area contributed by atoms with Crippen LogP contribution in [0.3, 0.4) is 0 Å². The molecule has 0 aliphatic rings. The molecule has 0 heterocycles. The molecular weight excluding hydrogens is 332 g/mol. The highest BCUT2D eigenvalue weighted by Crippen LogP contribution is 2.28. The number of hydrogen-bond donors (Lipinski definition) is 1. The molecule has 0 spiro atoms. The van der Waals surface area contributed by atoms with Crippen LogP contribution in [0.25, 0.3) is 0 Å². The van der Waals surface area contributed by atoms with Crippen molar-refractivity contribution in [2.24, 2.45) is 0 Å². The number of nitro benzene ring substituents is 1. The van der Waals surface area contributed by atoms with Crippen molar-refractivity contribution < 1.29 is 18.1 Å². The zero-order valence-corrected chi connectivity index (χ0v) is 14.2. The molecule has 128 valence electrons. The van der Waals surface area contributed by atoms with Crippen LogP contribution in [0.5, 0.6) is 5.75 Å². The number of nitrogens with zero attached hydrogens (tertiary/aromatic N) is 1. The van der Waals surface area contributed by atoms with Gasteiger partial charge >= 0.3 is 0 Å². The molecule has 24 heavy (non-hydrogen) atoms. The Labute approximate surface area is 140 Å². The van der Waals surface area contributed by atoms with Gasteiger partial charge in [0.05, 0.1) is 11.5 Å². The predicted molar refractivity (Wildman–Crippen MR) is 91.1 cm³/mol. The van der Waals surface area contributed by atoms with Gasteiger partial charge in [0.25, 0.3) is 5.69 Å². The van der Waals surface area contributed by atoms with E-state index in [0.29, 0.717) is 18.8 Å². The van der Waals surface area contributed by atoms with Crippen molar-refractivity contribution in [2.75, 3.05) is 18.2 Å². The van der Waals surface area contributed by atoms with E-state index in [1.165, 1.54) is 18.2 Å². The maximum atomic E-state index is 11.8. The van der Waals surface area contributed by atoms with Crippen LogP contribution in [0.2, 0.25) is 0 Å². The van der Waals surface area contributed by atoms with Crippen molar-refractivity contribution in [3.05, 3.63) is 58.1 Å². The molecule has 0 saturated heterocycles. The third kappa shape index (κ3) is 4.23. The van der Waals surface area contributed by atoms with Crippen LogP contribution in [-0.4, -0.2) is 26.2 Å². The Kier molecular flexibility index (Phi) is 5.40. The summed E-state index contributed by atoms with van der Waals surface area (Å²) < 4.78 is 29.1. The first kappa shape index (κ1) is 17.7. The van der Waals surface area contributed by atoms with Crippen molar-refractivity contribution in [1.29, 1.82) is 0 Å². The Morgan fingerprint density at radius 3 is 2.54 bits per heavy atom. The van der Waals surface area contributed by atoms with Crippen molar-refractivity contribution in [2.45, 2.75) is 18.4 Å². The summed E-state index contributed by atoms with van der Waals surface area (Å²) in [5.74, 6) is 0.734. The molecule has 0 amide bonds. The number of benzene rings is 2. The minimum Gasteiger partial charge on any atom is -0.494 e. The monoisotopic (exact) mass is 350 g/mol. The van der Waals surface area contributed by atoms with Gasteiger partial charge in [-0.1, -0.05) is 18.2 Å². The minimum atomic E-state index is -3.71. The van der Waals surface area contributed by atoms with E-state index >= 15 is 0 Å². The van der Waals surface area contributed by atoms with E-state index in [-0.39, 0.29) is 4.90 Å². The Balaban J connectivity index is 2.27. The van der Waals surface area contributed by atoms with E-state index in [9.17, 15) is 18.5 Å². The number of anilines is 1. The molecule has 0 aliphatic heterocycles. The smallest absolute Gasteiger partial charge is 0.288 e. The van der Waals surface area contributed by atoms with Crippen LogP contribution in [0.4, 0.5) is 11.4 Å². The van der Waals surface area contributed by atoms with Gasteiger partial charge in [0.2, 0.25) is 0 Å². The van der Waals surface area contributed by atoms with Gasteiger partial charge in [-0.15, -0.1) is 0 Å². The number of hydrogen-bond acceptors (Lipinski definition) is 6. The summed E-state index contributed by atoms with van der Waals surface area (Å²) >= 11 is 0. The Bertz CT molecular complexity index is 849. The maximum Gasteiger partial charge on any atom is 0.288 e. The van der Waals surface area contributed by atoms with Gasteiger partial charge in [-0.05, 0) is 25.1 Å². The van der Waals surface area contributed by atoms with Gasteiger partial charge in [0.1, 0.15) is 10.6 Å². The van der Waals surface area contributed by atoms with E-state index in [1.54, 1.807) is 0 Å². The summed E-state index contributed by atoms with van der Waals surface area (Å²) in [6.45, 7) is 2.82. The van der Waals surface area contributed by atoms with Crippen molar-refractivity contribution in [3.63, 3.8) is 0 Å². The summed E-state index contributed by atoms with van der Waals surface area (Å²) in [4.78, 5) is 9.97. The van der Waals surface area contributed by atoms with Gasteiger partial charge in [-0.2, -0.15) is 0 Å². The van der Waals surface area contributed by atoms with Crippen LogP contribution in [0, 0.1) is 10.1 Å². The van der Waals surface area contributed by atoms with Gasteiger partial charge in [0.15, 0.2) is 9.84 Å². The second kappa shape index (κ2) is 7.31. The molecule has 2 aromatic rings. The fraction of sp³-hybridized carbons (Fsp3) is 0.250. The summed E-state index contributed by atoms with van der Waals surface area (Å²) in [6, 6.07) is 11.4. The molecule has 0 saturated carbocycles. The molecule has 2 rings (SSSR count). The first-order chi connectivity index (χ1) is 11.3. The lowest BCUT2D eigenvalue weighted by atomic mass is 10.2. The van der Waals surface area contributed by atoms with Crippen LogP contribution in [0.15, 0.2) is 47.4 Å². The quantitative estimate of drug-likeness (QED) is 0.609. The predicted octanol–water partition coefficient (Wildman–Crippen LogP) is 3.01. The standard InChI is InChI=1S/C16H18N2O5S/c1-3-23-15-7-5-4-6-12(15)11-17-13-8-9-14(18(19)20)16(10-13)24(2,21)22/h4-10,17H,3,11H2,1-2H3. The lowest BCUT2D eigenvalue weighted by Crippen LogP contribution is -2.06. The van der Waals surface area contributed by atoms with Crippen molar-refractivity contribution in [1.82, 2.24) is 0 Å². The van der Waals surface area contributed by atoms with Gasteiger partial charge in [-0.25, -0.2) is 8.42 Å². The largest absolute Gasteiger partial charge is 0.494 e. The molecule has 7 nitrogen and oxygen atoms in total. The molecule has 1 N–H and O–H groups in total. The zero-order chi connectivity index (χ0) is 17.7. The molecule has 8 heteroatoms. The Morgan fingerprint density at radius 1 is 1.21 bits per heavy atom. The Hall–Kier alpha value is -2.61. The molecule has 0 bridgehead atoms. The van der Waals surface area contributed by atoms with E-state index < -0.39 is 20.4 Å². The summed E-state index contributed by atoms with van der Waals surface area (Å²) in [6.07, 6.45) is 0.948. The number of rotatable bonds is 7. The topological polar surface area (TPSA) is 98.5 Å². The van der Waals surface area contributed by atoms with Gasteiger partial charge in [0, 0.05) is 30.1 Å². The lowest BCUT2D eigenvalue weighted by Gasteiger charge is -2.12. The second-order valence-corrected chi connectivity index (χ2v) is 7.09. The summed E-state index contributed by atoms with van der Waals surface area (Å²) in [7, 11) is -3.71. The van der Waals surface area contributed by atoms with Crippen LogP contribution in [0.1, 0.15) is 12.5 Å². The zero-order valence-electron chi connectivity index (χ0n) is 13.4. The van der Waals surface area contributed by atoms with Crippen LogP contribution < -0.4 is 10.1 Å². The van der Waals surface area contributed by atoms with Crippen LogP contribution in [-0.2, 0) is 16.4 Å². The first-order valence-corrected chi connectivity index (χ1v) is 9.15. The summed E-state index contributed by atoms with van der Waals surface area (Å²) in [5, 5.41) is 14.1. The maximum absolute atomic E-state index is 11.8. The van der Waals surface area contributed by atoms with E-state index in [1.807, 2.05) is 31.2 Å². The minimum absolute atomic E-state index is 0.310. The molecule has 0 unspecified atom stereocenters. The SMILES string of the molecule is CCOc1ccccc1CNc1ccc([N+](=O)[O-])c(S(C)(=O)=O)c1. The highest BCUT2D eigenvalue weighted by atomic mass is 32.2. The molecule has 0 aliphatic carbocycles. The average Bonchev–Trinajstić information content (AvgIpc) is 2.53.